The normalized spacial score (nSPS) is 9.40. The lowest BCUT2D eigenvalue weighted by atomic mass is 10.6. The lowest BCUT2D eigenvalue weighted by Crippen LogP contribution is -2.12. The van der Waals surface area contributed by atoms with Crippen molar-refractivity contribution in [3.63, 3.8) is 0 Å². The summed E-state index contributed by atoms with van der Waals surface area (Å²) in [6.45, 7) is 1.85. The highest BCUT2D eigenvalue weighted by Crippen LogP contribution is 2.15. The van der Waals surface area contributed by atoms with E-state index in [4.69, 9.17) is 0 Å². The molecule has 0 spiro atoms. The third-order valence-electron chi connectivity index (χ3n) is 1.01. The molecule has 1 radical (unpaired) electrons. The fourth-order valence-electron chi connectivity index (χ4n) is 0.505. The molecule has 4 heteroatoms. The molecule has 1 amide bonds. The maximum atomic E-state index is 10.2. The van der Waals surface area contributed by atoms with Crippen molar-refractivity contribution in [2.45, 2.75) is 6.92 Å². The molecule has 0 fully saturated rings. The number of amides is 1. The molecule has 0 aliphatic rings. The number of carbonyl (C=O) groups is 1. The number of aromatic nitrogens is 1. The SMILES string of the molecule is Cc1[c]sc(N(C)C=O)n1. The maximum absolute atomic E-state index is 10.2. The molecule has 0 atom stereocenters. The van der Waals surface area contributed by atoms with Crippen molar-refractivity contribution in [2.75, 3.05) is 11.9 Å². The van der Waals surface area contributed by atoms with Gasteiger partial charge in [-0.1, -0.05) is 11.3 Å². The summed E-state index contributed by atoms with van der Waals surface area (Å²) in [4.78, 5) is 15.7. The minimum Gasteiger partial charge on any atom is -0.294 e. The van der Waals surface area contributed by atoms with Crippen molar-refractivity contribution in [3.8, 4) is 0 Å². The number of thiazole rings is 1. The summed E-state index contributed by atoms with van der Waals surface area (Å²) >= 11 is 1.34. The van der Waals surface area contributed by atoms with Gasteiger partial charge in [0.25, 0.3) is 0 Å². The van der Waals surface area contributed by atoms with Gasteiger partial charge in [0.1, 0.15) is 0 Å². The van der Waals surface area contributed by atoms with E-state index in [1.54, 1.807) is 7.05 Å². The van der Waals surface area contributed by atoms with Crippen molar-refractivity contribution >= 4 is 22.9 Å². The average molecular weight is 155 g/mol. The van der Waals surface area contributed by atoms with Crippen LogP contribution < -0.4 is 4.90 Å². The number of hydrogen-bond donors (Lipinski definition) is 0. The molecule has 1 rings (SSSR count). The number of rotatable bonds is 2. The summed E-state index contributed by atoms with van der Waals surface area (Å²) in [5.41, 5.74) is 0.828. The van der Waals surface area contributed by atoms with Gasteiger partial charge in [0.15, 0.2) is 5.13 Å². The van der Waals surface area contributed by atoms with Gasteiger partial charge in [0.05, 0.1) is 11.1 Å². The van der Waals surface area contributed by atoms with E-state index in [0.717, 1.165) is 12.1 Å². The predicted molar refractivity (Wildman–Crippen MR) is 40.2 cm³/mol. The highest BCUT2D eigenvalue weighted by Gasteiger charge is 2.01. The molecule has 53 valence electrons. The van der Waals surface area contributed by atoms with E-state index in [1.807, 2.05) is 6.92 Å². The first-order valence-corrected chi connectivity index (χ1v) is 3.59. The van der Waals surface area contributed by atoms with Crippen LogP contribution in [0.2, 0.25) is 0 Å². The van der Waals surface area contributed by atoms with Gasteiger partial charge in [0.2, 0.25) is 6.41 Å². The standard InChI is InChI=1S/C6H7N2OS/c1-5-3-10-6(7-5)8(2)4-9/h4H,1-2H3. The van der Waals surface area contributed by atoms with Crippen molar-refractivity contribution in [1.82, 2.24) is 4.98 Å². The Balaban J connectivity index is 2.84. The molecule has 1 heterocycles. The molecule has 0 saturated heterocycles. The summed E-state index contributed by atoms with van der Waals surface area (Å²) in [7, 11) is 1.67. The topological polar surface area (TPSA) is 33.2 Å². The molecule has 1 aromatic rings. The Hall–Kier alpha value is -0.900. The fraction of sp³-hybridized carbons (Fsp3) is 0.333. The van der Waals surface area contributed by atoms with Crippen LogP contribution in [0.1, 0.15) is 5.69 Å². The molecule has 10 heavy (non-hydrogen) atoms. The molecule has 0 saturated carbocycles. The van der Waals surface area contributed by atoms with Crippen molar-refractivity contribution in [2.24, 2.45) is 0 Å². The maximum Gasteiger partial charge on any atom is 0.215 e. The molecular weight excluding hydrogens is 148 g/mol. The van der Waals surface area contributed by atoms with Crippen molar-refractivity contribution in [1.29, 1.82) is 0 Å². The smallest absolute Gasteiger partial charge is 0.215 e. The monoisotopic (exact) mass is 155 g/mol. The Kier molecular flexibility index (Phi) is 2.01. The molecule has 1 aromatic heterocycles. The van der Waals surface area contributed by atoms with Crippen LogP contribution in [0.15, 0.2) is 0 Å². The largest absolute Gasteiger partial charge is 0.294 e. The number of anilines is 1. The third kappa shape index (κ3) is 1.33. The van der Waals surface area contributed by atoms with Gasteiger partial charge in [-0.3, -0.25) is 9.69 Å². The fourth-order valence-corrected chi connectivity index (χ4v) is 1.16. The summed E-state index contributed by atoms with van der Waals surface area (Å²) < 4.78 is 0. The van der Waals surface area contributed by atoms with Crippen LogP contribution in [0.25, 0.3) is 0 Å². The number of aryl methyl sites for hydroxylation is 1. The van der Waals surface area contributed by atoms with Crippen molar-refractivity contribution in [3.05, 3.63) is 11.1 Å². The number of hydrogen-bond acceptors (Lipinski definition) is 3. The Morgan fingerprint density at radius 3 is 2.90 bits per heavy atom. The van der Waals surface area contributed by atoms with Gasteiger partial charge in [-0.15, -0.1) is 0 Å². The second-order valence-electron chi connectivity index (χ2n) is 1.90. The first kappa shape index (κ1) is 7.21. The van der Waals surface area contributed by atoms with E-state index in [1.165, 1.54) is 16.2 Å². The Morgan fingerprint density at radius 2 is 2.50 bits per heavy atom. The third-order valence-corrected chi connectivity index (χ3v) is 1.97. The first-order chi connectivity index (χ1) is 4.74. The minimum absolute atomic E-state index is 0.688. The molecule has 0 aromatic carbocycles. The van der Waals surface area contributed by atoms with Gasteiger partial charge < -0.3 is 0 Å². The zero-order chi connectivity index (χ0) is 7.56. The summed E-state index contributed by atoms with van der Waals surface area (Å²) in [5, 5.41) is 3.60. The summed E-state index contributed by atoms with van der Waals surface area (Å²) in [6.07, 6.45) is 0.728. The van der Waals surface area contributed by atoms with E-state index in [0.29, 0.717) is 5.13 Å². The Labute approximate surface area is 63.3 Å². The lowest BCUT2D eigenvalue weighted by molar-refractivity contribution is -0.107. The van der Waals surface area contributed by atoms with Gasteiger partial charge in [0, 0.05) is 7.05 Å². The summed E-state index contributed by atoms with van der Waals surface area (Å²) in [5.74, 6) is 0. The van der Waals surface area contributed by atoms with Crippen LogP contribution in [0.5, 0.6) is 0 Å². The molecule has 3 nitrogen and oxygen atoms in total. The van der Waals surface area contributed by atoms with E-state index < -0.39 is 0 Å². The van der Waals surface area contributed by atoms with Crippen LogP contribution in [0.4, 0.5) is 5.13 Å². The summed E-state index contributed by atoms with van der Waals surface area (Å²) in [6, 6.07) is 0. The zero-order valence-electron chi connectivity index (χ0n) is 5.79. The quantitative estimate of drug-likeness (QED) is 0.593. The molecule has 0 aliphatic carbocycles. The number of carbonyl (C=O) groups excluding carboxylic acids is 1. The molecule has 0 bridgehead atoms. The Morgan fingerprint density at radius 1 is 1.80 bits per heavy atom. The number of nitrogens with zero attached hydrogens (tertiary/aromatic N) is 2. The van der Waals surface area contributed by atoms with Crippen LogP contribution in [0, 0.1) is 12.3 Å². The van der Waals surface area contributed by atoms with Gasteiger partial charge >= 0.3 is 0 Å². The first-order valence-electron chi connectivity index (χ1n) is 2.77. The molecule has 0 aliphatic heterocycles. The van der Waals surface area contributed by atoms with Crippen LogP contribution >= 0.6 is 11.3 Å². The van der Waals surface area contributed by atoms with E-state index >= 15 is 0 Å². The average Bonchev–Trinajstić information content (AvgIpc) is 2.34. The highest BCUT2D eigenvalue weighted by atomic mass is 32.1. The molecule has 0 unspecified atom stereocenters. The lowest BCUT2D eigenvalue weighted by Gasteiger charge is -2.02. The van der Waals surface area contributed by atoms with Gasteiger partial charge in [-0.25, -0.2) is 4.98 Å². The minimum atomic E-state index is 0.688. The molecule has 0 N–H and O–H groups in total. The van der Waals surface area contributed by atoms with Gasteiger partial charge in [-0.2, -0.15) is 0 Å². The van der Waals surface area contributed by atoms with Gasteiger partial charge in [-0.05, 0) is 6.92 Å². The van der Waals surface area contributed by atoms with Crippen LogP contribution in [-0.4, -0.2) is 18.4 Å². The van der Waals surface area contributed by atoms with E-state index in [9.17, 15) is 4.79 Å². The van der Waals surface area contributed by atoms with E-state index in [-0.39, 0.29) is 0 Å². The second kappa shape index (κ2) is 2.79. The van der Waals surface area contributed by atoms with Crippen molar-refractivity contribution < 1.29 is 4.79 Å². The van der Waals surface area contributed by atoms with E-state index in [2.05, 4.69) is 10.4 Å². The molecular formula is C6H7N2OS. The van der Waals surface area contributed by atoms with Crippen LogP contribution in [0.3, 0.4) is 0 Å². The highest BCUT2D eigenvalue weighted by molar-refractivity contribution is 7.13. The Bertz CT molecular complexity index is 233. The van der Waals surface area contributed by atoms with Crippen LogP contribution in [-0.2, 0) is 4.79 Å². The zero-order valence-corrected chi connectivity index (χ0v) is 6.60. The second-order valence-corrected chi connectivity index (χ2v) is 2.67. The predicted octanol–water partition coefficient (Wildman–Crippen LogP) is 0.844.